The molecule has 0 saturated heterocycles. The predicted molar refractivity (Wildman–Crippen MR) is 87.7 cm³/mol. The van der Waals surface area contributed by atoms with Gasteiger partial charge in [0.1, 0.15) is 12.3 Å². The molecule has 1 aromatic heterocycles. The van der Waals surface area contributed by atoms with Crippen LogP contribution in [-0.4, -0.2) is 17.6 Å². The molecule has 0 bridgehead atoms. The van der Waals surface area contributed by atoms with Gasteiger partial charge in [-0.1, -0.05) is 0 Å². The number of amides is 1. The molecule has 5 nitrogen and oxygen atoms in total. The number of rotatable bonds is 4. The monoisotopic (exact) mass is 414 g/mol. The molecule has 0 aliphatic rings. The average molecular weight is 416 g/mol. The number of anilines is 1. The third-order valence-corrected chi connectivity index (χ3v) is 3.70. The second-order valence-electron chi connectivity index (χ2n) is 4.22. The van der Waals surface area contributed by atoms with E-state index < -0.39 is 0 Å². The van der Waals surface area contributed by atoms with Crippen LogP contribution in [0.1, 0.15) is 0 Å². The molecular formula is C14H12Br2N2O3. The molecule has 1 amide bonds. The number of nitrogens with zero attached hydrogens (tertiary/aromatic N) is 1. The Labute approximate surface area is 138 Å². The van der Waals surface area contributed by atoms with Crippen molar-refractivity contribution >= 4 is 43.5 Å². The molecule has 110 valence electrons. The van der Waals surface area contributed by atoms with E-state index in [0.29, 0.717) is 20.4 Å². The lowest BCUT2D eigenvalue weighted by Gasteiger charge is -2.09. The van der Waals surface area contributed by atoms with Crippen LogP contribution in [0.3, 0.4) is 0 Å². The number of ether oxygens (including phenoxy) is 1. The number of carbonyl (C=O) groups excluding carboxylic acids is 1. The molecule has 7 heteroatoms. The number of pyridine rings is 1. The minimum atomic E-state index is -0.285. The van der Waals surface area contributed by atoms with Gasteiger partial charge >= 0.3 is 0 Å². The number of nitrogens with one attached hydrogen (secondary N) is 1. The first-order valence-corrected chi connectivity index (χ1v) is 7.57. The minimum absolute atomic E-state index is 0.0666. The second kappa shape index (κ2) is 6.91. The van der Waals surface area contributed by atoms with Crippen LogP contribution in [0.4, 0.5) is 5.69 Å². The maximum atomic E-state index is 12.0. The zero-order valence-corrected chi connectivity index (χ0v) is 14.3. The van der Waals surface area contributed by atoms with E-state index in [-0.39, 0.29) is 18.0 Å². The maximum Gasteiger partial charge on any atom is 0.265 e. The summed E-state index contributed by atoms with van der Waals surface area (Å²) in [4.78, 5) is 23.9. The van der Waals surface area contributed by atoms with E-state index >= 15 is 0 Å². The van der Waals surface area contributed by atoms with Gasteiger partial charge in [0, 0.05) is 16.4 Å². The van der Waals surface area contributed by atoms with Crippen molar-refractivity contribution in [3.8, 4) is 5.75 Å². The summed E-state index contributed by atoms with van der Waals surface area (Å²) >= 11 is 6.45. The van der Waals surface area contributed by atoms with Crippen LogP contribution >= 0.6 is 31.9 Å². The lowest BCUT2D eigenvalue weighted by Crippen LogP contribution is -2.27. The fourth-order valence-electron chi connectivity index (χ4n) is 1.71. The van der Waals surface area contributed by atoms with Gasteiger partial charge in [-0.05, 0) is 62.2 Å². The molecule has 1 N–H and O–H groups in total. The molecule has 1 aromatic carbocycles. The van der Waals surface area contributed by atoms with Crippen molar-refractivity contribution < 1.29 is 9.53 Å². The zero-order chi connectivity index (χ0) is 15.4. The number of methoxy groups -OCH3 is 1. The molecule has 21 heavy (non-hydrogen) atoms. The fourth-order valence-corrected chi connectivity index (χ4v) is 2.97. The van der Waals surface area contributed by atoms with Gasteiger partial charge in [0.05, 0.1) is 11.6 Å². The third-order valence-electron chi connectivity index (χ3n) is 2.70. The van der Waals surface area contributed by atoms with Crippen molar-refractivity contribution in [1.29, 1.82) is 0 Å². The van der Waals surface area contributed by atoms with Crippen LogP contribution in [0.2, 0.25) is 0 Å². The van der Waals surface area contributed by atoms with Crippen LogP contribution in [-0.2, 0) is 11.3 Å². The standard InChI is InChI=1S/C14H12Br2N2O3/c1-21-11-4-2-10(3-5-11)17-13(19)8-18-7-9(15)6-12(16)14(18)20/h2-7H,8H2,1H3,(H,17,19). The lowest BCUT2D eigenvalue weighted by molar-refractivity contribution is -0.116. The first-order valence-electron chi connectivity index (χ1n) is 5.99. The number of aromatic nitrogens is 1. The van der Waals surface area contributed by atoms with Gasteiger partial charge in [-0.2, -0.15) is 0 Å². The maximum absolute atomic E-state index is 12.0. The fraction of sp³-hybridized carbons (Fsp3) is 0.143. The topological polar surface area (TPSA) is 60.3 Å². The highest BCUT2D eigenvalue weighted by Crippen LogP contribution is 2.15. The summed E-state index contributed by atoms with van der Waals surface area (Å²) in [6.07, 6.45) is 1.57. The van der Waals surface area contributed by atoms with Crippen LogP contribution < -0.4 is 15.6 Å². The third kappa shape index (κ3) is 4.18. The molecule has 1 heterocycles. The summed E-state index contributed by atoms with van der Waals surface area (Å²) in [7, 11) is 1.57. The molecule has 0 atom stereocenters. The number of hydrogen-bond donors (Lipinski definition) is 1. The van der Waals surface area contributed by atoms with E-state index in [1.165, 1.54) is 4.57 Å². The Morgan fingerprint density at radius 2 is 1.95 bits per heavy atom. The smallest absolute Gasteiger partial charge is 0.265 e. The highest BCUT2D eigenvalue weighted by molar-refractivity contribution is 9.11. The quantitative estimate of drug-likeness (QED) is 0.834. The molecular weight excluding hydrogens is 404 g/mol. The highest BCUT2D eigenvalue weighted by atomic mass is 79.9. The Hall–Kier alpha value is -1.60. The van der Waals surface area contributed by atoms with Crippen molar-refractivity contribution in [2.75, 3.05) is 12.4 Å². The van der Waals surface area contributed by atoms with Crippen LogP contribution in [0, 0.1) is 0 Å². The molecule has 0 fully saturated rings. The number of carbonyl (C=O) groups is 1. The molecule has 0 unspecified atom stereocenters. The van der Waals surface area contributed by atoms with Gasteiger partial charge in [-0.25, -0.2) is 0 Å². The summed E-state index contributed by atoms with van der Waals surface area (Å²) < 4.78 is 7.48. The minimum Gasteiger partial charge on any atom is -0.497 e. The van der Waals surface area contributed by atoms with Crippen LogP contribution in [0.25, 0.3) is 0 Å². The van der Waals surface area contributed by atoms with E-state index in [1.54, 1.807) is 43.6 Å². The average Bonchev–Trinajstić information content (AvgIpc) is 2.45. The number of benzene rings is 1. The van der Waals surface area contributed by atoms with Gasteiger partial charge < -0.3 is 14.6 Å². The SMILES string of the molecule is COc1ccc(NC(=O)Cn2cc(Br)cc(Br)c2=O)cc1. The van der Waals surface area contributed by atoms with Gasteiger partial charge in [0.15, 0.2) is 0 Å². The van der Waals surface area contributed by atoms with E-state index in [0.717, 1.165) is 0 Å². The molecule has 0 spiro atoms. The van der Waals surface area contributed by atoms with Crippen molar-refractivity contribution in [2.45, 2.75) is 6.54 Å². The summed E-state index contributed by atoms with van der Waals surface area (Å²) in [5, 5.41) is 2.72. The van der Waals surface area contributed by atoms with Gasteiger partial charge in [-0.3, -0.25) is 9.59 Å². The molecule has 0 saturated carbocycles. The Morgan fingerprint density at radius 1 is 1.29 bits per heavy atom. The molecule has 0 aliphatic carbocycles. The zero-order valence-electron chi connectivity index (χ0n) is 11.1. The largest absolute Gasteiger partial charge is 0.497 e. The molecule has 2 aromatic rings. The summed E-state index contributed by atoms with van der Waals surface area (Å²) in [5.74, 6) is 0.424. The van der Waals surface area contributed by atoms with Crippen LogP contribution in [0.15, 0.2) is 50.3 Å². The van der Waals surface area contributed by atoms with Gasteiger partial charge in [0.2, 0.25) is 5.91 Å². The number of halogens is 2. The predicted octanol–water partition coefficient (Wildman–Crippen LogP) is 3.02. The molecule has 2 rings (SSSR count). The first kappa shape index (κ1) is 15.8. The summed E-state index contributed by atoms with van der Waals surface area (Å²) in [6.45, 7) is -0.0666. The van der Waals surface area contributed by atoms with E-state index in [1.807, 2.05) is 0 Å². The first-order chi connectivity index (χ1) is 9.99. The Morgan fingerprint density at radius 3 is 2.57 bits per heavy atom. The van der Waals surface area contributed by atoms with Crippen molar-refractivity contribution in [2.24, 2.45) is 0 Å². The number of hydrogen-bond acceptors (Lipinski definition) is 3. The lowest BCUT2D eigenvalue weighted by atomic mass is 10.3. The Kier molecular flexibility index (Phi) is 5.19. The summed E-state index contributed by atoms with van der Waals surface area (Å²) in [6, 6.07) is 8.60. The second-order valence-corrected chi connectivity index (χ2v) is 5.99. The van der Waals surface area contributed by atoms with Gasteiger partial charge in [0.25, 0.3) is 5.56 Å². The van der Waals surface area contributed by atoms with Crippen molar-refractivity contribution in [1.82, 2.24) is 4.57 Å². The molecule has 0 radical (unpaired) electrons. The van der Waals surface area contributed by atoms with E-state index in [2.05, 4.69) is 37.2 Å². The van der Waals surface area contributed by atoms with Gasteiger partial charge in [-0.15, -0.1) is 0 Å². The van der Waals surface area contributed by atoms with Crippen LogP contribution in [0.5, 0.6) is 5.75 Å². The molecule has 0 aliphatic heterocycles. The summed E-state index contributed by atoms with van der Waals surface area (Å²) in [5.41, 5.74) is 0.381. The normalized spacial score (nSPS) is 10.2. The Balaban J connectivity index is 2.09. The van der Waals surface area contributed by atoms with Crippen molar-refractivity contribution in [3.05, 3.63) is 55.8 Å². The van der Waals surface area contributed by atoms with E-state index in [4.69, 9.17) is 4.74 Å². The Bertz CT molecular complexity index is 711. The van der Waals surface area contributed by atoms with Crippen molar-refractivity contribution in [3.63, 3.8) is 0 Å². The van der Waals surface area contributed by atoms with E-state index in [9.17, 15) is 9.59 Å². The highest BCUT2D eigenvalue weighted by Gasteiger charge is 2.08.